The third-order valence-electron chi connectivity index (χ3n) is 6.68. The molecule has 7 nitrogen and oxygen atoms in total. The molecule has 0 aliphatic carbocycles. The highest BCUT2D eigenvalue weighted by molar-refractivity contribution is 7.71. The van der Waals surface area contributed by atoms with Gasteiger partial charge in [0.2, 0.25) is 5.95 Å². The Hall–Kier alpha value is -2.97. The molecule has 1 aliphatic heterocycles. The molecule has 1 aliphatic rings. The summed E-state index contributed by atoms with van der Waals surface area (Å²) in [7, 11) is -2.84. The molecule has 0 bridgehead atoms. The van der Waals surface area contributed by atoms with Gasteiger partial charge in [-0.2, -0.15) is 13.2 Å². The molecule has 190 valence electrons. The van der Waals surface area contributed by atoms with E-state index in [0.717, 1.165) is 24.4 Å². The summed E-state index contributed by atoms with van der Waals surface area (Å²) in [5.74, 6) is 0.129. The Morgan fingerprint density at radius 3 is 2.64 bits per heavy atom. The first-order valence-electron chi connectivity index (χ1n) is 11.7. The minimum atomic E-state index is -4.66. The SMILES string of the molecule is CC1(C)CC[C@H](Nc2ncc(C(F)(F)F)c(-c3cnc4c(P(C)(C)=O)c5[nH]cccc5cc34)n2)CN1. The number of benzene rings is 1. The highest BCUT2D eigenvalue weighted by atomic mass is 31.2. The molecule has 3 N–H and O–H groups in total. The van der Waals surface area contributed by atoms with Gasteiger partial charge in [-0.05, 0) is 57.5 Å². The monoisotopic (exact) mass is 516 g/mol. The van der Waals surface area contributed by atoms with Crippen LogP contribution in [-0.4, -0.2) is 51.4 Å². The normalized spacial score (nSPS) is 18.6. The van der Waals surface area contributed by atoms with Gasteiger partial charge in [0.05, 0.1) is 22.0 Å². The average molecular weight is 517 g/mol. The van der Waals surface area contributed by atoms with Crippen LogP contribution >= 0.6 is 7.14 Å². The van der Waals surface area contributed by atoms with Crippen LogP contribution in [0.5, 0.6) is 0 Å². The van der Waals surface area contributed by atoms with Crippen molar-refractivity contribution in [2.45, 2.75) is 44.4 Å². The molecule has 0 radical (unpaired) electrons. The number of nitrogens with one attached hydrogen (secondary N) is 3. The van der Waals surface area contributed by atoms with Gasteiger partial charge in [-0.25, -0.2) is 9.97 Å². The van der Waals surface area contributed by atoms with Crippen molar-refractivity contribution in [3.8, 4) is 11.3 Å². The number of piperidine rings is 1. The smallest absolute Gasteiger partial charge is 0.361 e. The van der Waals surface area contributed by atoms with Crippen LogP contribution in [0.1, 0.15) is 32.3 Å². The summed E-state index contributed by atoms with van der Waals surface area (Å²) >= 11 is 0. The van der Waals surface area contributed by atoms with E-state index in [1.165, 1.54) is 6.20 Å². The lowest BCUT2D eigenvalue weighted by Gasteiger charge is -2.36. The van der Waals surface area contributed by atoms with Gasteiger partial charge in [-0.15, -0.1) is 0 Å². The summed E-state index contributed by atoms with van der Waals surface area (Å²) in [4.78, 5) is 15.9. The number of aromatic nitrogens is 4. The standard InChI is InChI=1S/C25H28F3N6OP/c1-24(2)8-7-15(11-32-24)33-23-31-13-18(25(26,27)28)20(34-23)17-12-30-21-16(17)10-14-6-5-9-29-19(14)22(21)36(3,4)35/h5-6,9-10,12-13,15,29,32H,7-8,11H2,1-4H3,(H,31,33,34)/t15-/m0/s1. The zero-order valence-corrected chi connectivity index (χ0v) is 21.4. The summed E-state index contributed by atoms with van der Waals surface area (Å²) < 4.78 is 55.4. The van der Waals surface area contributed by atoms with Gasteiger partial charge in [0.1, 0.15) is 12.7 Å². The summed E-state index contributed by atoms with van der Waals surface area (Å²) in [6.07, 6.45) is 1.03. The molecule has 4 aromatic rings. The highest BCUT2D eigenvalue weighted by Crippen LogP contribution is 2.44. The van der Waals surface area contributed by atoms with Crippen LogP contribution in [0.25, 0.3) is 33.1 Å². The van der Waals surface area contributed by atoms with E-state index in [1.54, 1.807) is 31.7 Å². The summed E-state index contributed by atoms with van der Waals surface area (Å²) in [6.45, 7) is 8.14. The summed E-state index contributed by atoms with van der Waals surface area (Å²) in [6, 6.07) is 5.38. The first kappa shape index (κ1) is 24.7. The number of rotatable bonds is 4. The number of hydrogen-bond acceptors (Lipinski definition) is 6. The number of fused-ring (bicyclic) bond motifs is 2. The molecule has 1 fully saturated rings. The zero-order chi connectivity index (χ0) is 25.9. The Balaban J connectivity index is 1.67. The lowest BCUT2D eigenvalue weighted by Crippen LogP contribution is -2.50. The van der Waals surface area contributed by atoms with Gasteiger partial charge in [-0.3, -0.25) is 4.98 Å². The molecule has 0 saturated carbocycles. The molecule has 1 saturated heterocycles. The van der Waals surface area contributed by atoms with Gasteiger partial charge < -0.3 is 20.2 Å². The second-order valence-corrected chi connectivity index (χ2v) is 13.5. The molecule has 0 spiro atoms. The second kappa shape index (κ2) is 8.56. The number of aromatic amines is 1. The van der Waals surface area contributed by atoms with Crippen molar-refractivity contribution in [2.24, 2.45) is 0 Å². The van der Waals surface area contributed by atoms with E-state index in [1.807, 2.05) is 6.07 Å². The quantitative estimate of drug-likeness (QED) is 0.315. The number of H-pyrrole nitrogens is 1. The number of pyridine rings is 1. The van der Waals surface area contributed by atoms with E-state index in [2.05, 4.69) is 44.4 Å². The molecule has 3 aromatic heterocycles. The number of anilines is 1. The highest BCUT2D eigenvalue weighted by Gasteiger charge is 2.37. The van der Waals surface area contributed by atoms with Crippen LogP contribution in [0.3, 0.4) is 0 Å². The first-order valence-corrected chi connectivity index (χ1v) is 14.3. The van der Waals surface area contributed by atoms with E-state index in [9.17, 15) is 17.7 Å². The Bertz CT molecular complexity index is 1500. The molecule has 0 amide bonds. The van der Waals surface area contributed by atoms with Crippen molar-refractivity contribution in [1.82, 2.24) is 25.3 Å². The number of hydrogen-bond donors (Lipinski definition) is 3. The number of alkyl halides is 3. The largest absolute Gasteiger partial charge is 0.419 e. The first-order chi connectivity index (χ1) is 16.8. The van der Waals surface area contributed by atoms with Crippen LogP contribution < -0.4 is 15.9 Å². The fraction of sp³-hybridized carbons (Fsp3) is 0.400. The van der Waals surface area contributed by atoms with Crippen molar-refractivity contribution >= 4 is 40.2 Å². The molecular formula is C25H28F3N6OP. The van der Waals surface area contributed by atoms with Gasteiger partial charge in [0.25, 0.3) is 0 Å². The molecule has 5 rings (SSSR count). The van der Waals surface area contributed by atoms with E-state index in [-0.39, 0.29) is 28.8 Å². The van der Waals surface area contributed by atoms with Crippen LogP contribution in [0, 0.1) is 0 Å². The molecule has 1 atom stereocenters. The summed E-state index contributed by atoms with van der Waals surface area (Å²) in [5.41, 5.74) is 0.123. The zero-order valence-electron chi connectivity index (χ0n) is 20.5. The number of nitrogens with zero attached hydrogens (tertiary/aromatic N) is 3. The Kier molecular flexibility index (Phi) is 5.87. The number of halogens is 3. The molecule has 36 heavy (non-hydrogen) atoms. The molecule has 11 heteroatoms. The minimum Gasteiger partial charge on any atom is -0.361 e. The maximum Gasteiger partial charge on any atom is 0.419 e. The fourth-order valence-electron chi connectivity index (χ4n) is 4.79. The predicted molar refractivity (Wildman–Crippen MR) is 137 cm³/mol. The van der Waals surface area contributed by atoms with Crippen molar-refractivity contribution in [3.63, 3.8) is 0 Å². The van der Waals surface area contributed by atoms with Crippen LogP contribution in [0.2, 0.25) is 0 Å². The topological polar surface area (TPSA) is 95.6 Å². The van der Waals surface area contributed by atoms with Crippen LogP contribution in [-0.2, 0) is 10.7 Å². The molecular weight excluding hydrogens is 488 g/mol. The Morgan fingerprint density at radius 1 is 1.19 bits per heavy atom. The van der Waals surface area contributed by atoms with Crippen molar-refractivity contribution in [2.75, 3.05) is 25.2 Å². The summed E-state index contributed by atoms with van der Waals surface area (Å²) in [5, 5.41) is 8.34. The van der Waals surface area contributed by atoms with Crippen LogP contribution in [0.15, 0.2) is 36.8 Å². The van der Waals surface area contributed by atoms with E-state index >= 15 is 0 Å². The van der Waals surface area contributed by atoms with E-state index in [4.69, 9.17) is 0 Å². The van der Waals surface area contributed by atoms with Gasteiger partial charge >= 0.3 is 6.18 Å². The molecule has 1 aromatic carbocycles. The molecule has 0 unspecified atom stereocenters. The van der Waals surface area contributed by atoms with Crippen molar-refractivity contribution < 1.29 is 17.7 Å². The van der Waals surface area contributed by atoms with Gasteiger partial charge in [-0.1, -0.05) is 6.07 Å². The fourth-order valence-corrected chi connectivity index (χ4v) is 6.21. The van der Waals surface area contributed by atoms with Crippen LogP contribution in [0.4, 0.5) is 19.1 Å². The van der Waals surface area contributed by atoms with Crippen molar-refractivity contribution in [3.05, 3.63) is 42.4 Å². The van der Waals surface area contributed by atoms with E-state index < -0.39 is 18.9 Å². The van der Waals surface area contributed by atoms with Crippen molar-refractivity contribution in [1.29, 1.82) is 0 Å². The lowest BCUT2D eigenvalue weighted by molar-refractivity contribution is -0.137. The maximum absolute atomic E-state index is 14.1. The predicted octanol–water partition coefficient (Wildman–Crippen LogP) is 5.38. The third-order valence-corrected chi connectivity index (χ3v) is 8.20. The lowest BCUT2D eigenvalue weighted by atomic mass is 9.91. The average Bonchev–Trinajstić information content (AvgIpc) is 3.20. The second-order valence-electron chi connectivity index (χ2n) is 10.4. The van der Waals surface area contributed by atoms with Gasteiger partial charge in [0.15, 0.2) is 0 Å². The van der Waals surface area contributed by atoms with E-state index in [0.29, 0.717) is 28.3 Å². The Labute approximate surface area is 206 Å². The Morgan fingerprint density at radius 2 is 1.97 bits per heavy atom. The minimum absolute atomic E-state index is 0.00529. The van der Waals surface area contributed by atoms with Gasteiger partial charge in [0, 0.05) is 47.7 Å². The maximum atomic E-state index is 14.1. The third kappa shape index (κ3) is 4.60. The molecule has 4 heterocycles.